The van der Waals surface area contributed by atoms with Crippen molar-refractivity contribution in [1.29, 1.82) is 0 Å². The highest BCUT2D eigenvalue weighted by Crippen LogP contribution is 2.31. The van der Waals surface area contributed by atoms with Gasteiger partial charge in [0.15, 0.2) is 5.96 Å². The molecule has 2 aliphatic heterocycles. The van der Waals surface area contributed by atoms with Crippen molar-refractivity contribution in [3.05, 3.63) is 29.3 Å². The van der Waals surface area contributed by atoms with Gasteiger partial charge in [-0.15, -0.1) is 0 Å². The number of hydrogen-bond donors (Lipinski definition) is 2. The summed E-state index contributed by atoms with van der Waals surface area (Å²) in [6, 6.07) is 7.30. The third kappa shape index (κ3) is 6.11. The van der Waals surface area contributed by atoms with E-state index >= 15 is 0 Å². The van der Waals surface area contributed by atoms with Crippen molar-refractivity contribution in [1.82, 2.24) is 15.5 Å². The van der Waals surface area contributed by atoms with Crippen molar-refractivity contribution in [2.75, 3.05) is 46.0 Å². The van der Waals surface area contributed by atoms with E-state index in [1.165, 1.54) is 37.9 Å². The number of nitrogens with one attached hydrogen (secondary N) is 2. The minimum atomic E-state index is 0.502. The van der Waals surface area contributed by atoms with E-state index in [0.29, 0.717) is 12.5 Å². The van der Waals surface area contributed by atoms with E-state index < -0.39 is 0 Å². The molecule has 0 spiro atoms. The fraction of sp³-hybridized carbons (Fsp3) is 0.708. The number of likely N-dealkylation sites (tertiary alicyclic amines) is 1. The third-order valence-electron chi connectivity index (χ3n) is 6.41. The van der Waals surface area contributed by atoms with E-state index in [2.05, 4.69) is 47.6 Å². The molecule has 1 aliphatic carbocycles. The third-order valence-corrected chi connectivity index (χ3v) is 6.41. The van der Waals surface area contributed by atoms with Crippen LogP contribution in [0.1, 0.15) is 43.7 Å². The van der Waals surface area contributed by atoms with Gasteiger partial charge in [-0.3, -0.25) is 0 Å². The SMILES string of the molecule is CCNC(=NCc1ccc(C)cc1OCC1CCOC1)NCC1CCN(C2CC2)C1. The fourth-order valence-corrected chi connectivity index (χ4v) is 4.40. The van der Waals surface area contributed by atoms with Crippen LogP contribution in [0.15, 0.2) is 23.2 Å². The van der Waals surface area contributed by atoms with Crippen molar-refractivity contribution in [3.8, 4) is 5.75 Å². The topological polar surface area (TPSA) is 58.1 Å². The Balaban J connectivity index is 1.32. The van der Waals surface area contributed by atoms with E-state index in [1.807, 2.05) is 0 Å². The summed E-state index contributed by atoms with van der Waals surface area (Å²) in [4.78, 5) is 7.53. The molecule has 6 heteroatoms. The van der Waals surface area contributed by atoms with Crippen LogP contribution in [0, 0.1) is 18.8 Å². The summed E-state index contributed by atoms with van der Waals surface area (Å²) in [6.07, 6.45) is 5.19. The molecule has 3 fully saturated rings. The fourth-order valence-electron chi connectivity index (χ4n) is 4.40. The summed E-state index contributed by atoms with van der Waals surface area (Å²) in [6.45, 7) is 11.6. The van der Waals surface area contributed by atoms with Gasteiger partial charge in [-0.2, -0.15) is 0 Å². The Kier molecular flexibility index (Phi) is 7.50. The molecule has 4 rings (SSSR count). The quantitative estimate of drug-likeness (QED) is 0.481. The number of hydrogen-bond acceptors (Lipinski definition) is 4. The molecule has 1 aromatic rings. The molecule has 2 heterocycles. The van der Waals surface area contributed by atoms with E-state index in [0.717, 1.165) is 68.6 Å². The van der Waals surface area contributed by atoms with Crippen LogP contribution in [0.2, 0.25) is 0 Å². The van der Waals surface area contributed by atoms with Crippen molar-refractivity contribution in [2.45, 2.75) is 52.1 Å². The van der Waals surface area contributed by atoms with Crippen molar-refractivity contribution in [3.63, 3.8) is 0 Å². The van der Waals surface area contributed by atoms with E-state index in [1.54, 1.807) is 0 Å². The predicted molar refractivity (Wildman–Crippen MR) is 121 cm³/mol. The van der Waals surface area contributed by atoms with Crippen LogP contribution in [-0.2, 0) is 11.3 Å². The van der Waals surface area contributed by atoms with Crippen LogP contribution < -0.4 is 15.4 Å². The standard InChI is InChI=1S/C24H38N4O2/c1-3-25-24(26-13-19-8-10-28(15-19)22-6-7-22)27-14-21-5-4-18(2)12-23(21)30-17-20-9-11-29-16-20/h4-5,12,19-20,22H,3,6-11,13-17H2,1-2H3,(H2,25,26,27). The number of rotatable bonds is 9. The minimum Gasteiger partial charge on any atom is -0.493 e. The first-order valence-electron chi connectivity index (χ1n) is 11.8. The van der Waals surface area contributed by atoms with Crippen LogP contribution in [0.5, 0.6) is 5.75 Å². The minimum absolute atomic E-state index is 0.502. The lowest BCUT2D eigenvalue weighted by molar-refractivity contribution is 0.166. The van der Waals surface area contributed by atoms with Gasteiger partial charge >= 0.3 is 0 Å². The number of aryl methyl sites for hydroxylation is 1. The van der Waals surface area contributed by atoms with Crippen LogP contribution in [-0.4, -0.2) is 62.9 Å². The van der Waals surface area contributed by atoms with Crippen molar-refractivity contribution in [2.24, 2.45) is 16.8 Å². The van der Waals surface area contributed by atoms with Gasteiger partial charge in [0.1, 0.15) is 5.75 Å². The van der Waals surface area contributed by atoms with Crippen LogP contribution in [0.25, 0.3) is 0 Å². The van der Waals surface area contributed by atoms with Gasteiger partial charge in [-0.25, -0.2) is 4.99 Å². The number of ether oxygens (including phenoxy) is 2. The molecule has 6 nitrogen and oxygen atoms in total. The maximum atomic E-state index is 6.18. The number of aliphatic imine (C=N–C) groups is 1. The van der Waals surface area contributed by atoms with Crippen LogP contribution in [0.4, 0.5) is 0 Å². The Bertz CT molecular complexity index is 713. The highest BCUT2D eigenvalue weighted by Gasteiger charge is 2.34. The monoisotopic (exact) mass is 414 g/mol. The highest BCUT2D eigenvalue weighted by molar-refractivity contribution is 5.79. The van der Waals surface area contributed by atoms with Gasteiger partial charge in [-0.1, -0.05) is 12.1 Å². The Hall–Kier alpha value is -1.79. The summed E-state index contributed by atoms with van der Waals surface area (Å²) >= 11 is 0. The van der Waals surface area contributed by atoms with Gasteiger partial charge < -0.3 is 25.0 Å². The second-order valence-electron chi connectivity index (χ2n) is 9.11. The van der Waals surface area contributed by atoms with Gasteiger partial charge in [-0.05, 0) is 63.6 Å². The smallest absolute Gasteiger partial charge is 0.191 e. The zero-order valence-corrected chi connectivity index (χ0v) is 18.7. The zero-order chi connectivity index (χ0) is 20.8. The Morgan fingerprint density at radius 2 is 2.10 bits per heavy atom. The summed E-state index contributed by atoms with van der Waals surface area (Å²) in [5.41, 5.74) is 2.35. The molecule has 0 amide bonds. The van der Waals surface area contributed by atoms with Gasteiger partial charge in [0.2, 0.25) is 0 Å². The molecule has 0 aromatic heterocycles. The lowest BCUT2D eigenvalue weighted by Gasteiger charge is -2.17. The second kappa shape index (κ2) is 10.5. The average molecular weight is 415 g/mol. The first-order chi connectivity index (χ1) is 14.7. The lowest BCUT2D eigenvalue weighted by Crippen LogP contribution is -2.40. The summed E-state index contributed by atoms with van der Waals surface area (Å²) in [5, 5.41) is 6.97. The lowest BCUT2D eigenvalue weighted by atomic mass is 10.1. The molecule has 0 bridgehead atoms. The van der Waals surface area contributed by atoms with E-state index in [4.69, 9.17) is 14.5 Å². The molecule has 0 radical (unpaired) electrons. The van der Waals surface area contributed by atoms with Crippen LogP contribution in [0.3, 0.4) is 0 Å². The molecule has 1 aromatic carbocycles. The highest BCUT2D eigenvalue weighted by atomic mass is 16.5. The van der Waals surface area contributed by atoms with Crippen molar-refractivity contribution >= 4 is 5.96 Å². The second-order valence-corrected chi connectivity index (χ2v) is 9.11. The number of guanidine groups is 1. The van der Waals surface area contributed by atoms with Gasteiger partial charge in [0.05, 0.1) is 19.8 Å². The normalized spacial score (nSPS) is 24.9. The molecule has 2 N–H and O–H groups in total. The molecule has 30 heavy (non-hydrogen) atoms. The first-order valence-corrected chi connectivity index (χ1v) is 11.8. The molecule has 166 valence electrons. The molecular weight excluding hydrogens is 376 g/mol. The predicted octanol–water partition coefficient (Wildman–Crippen LogP) is 2.95. The summed E-state index contributed by atoms with van der Waals surface area (Å²) < 4.78 is 11.7. The first kappa shape index (κ1) is 21.4. The maximum Gasteiger partial charge on any atom is 0.191 e. The Morgan fingerprint density at radius 3 is 2.87 bits per heavy atom. The van der Waals surface area contributed by atoms with Crippen molar-refractivity contribution < 1.29 is 9.47 Å². The zero-order valence-electron chi connectivity index (χ0n) is 18.7. The summed E-state index contributed by atoms with van der Waals surface area (Å²) in [5.74, 6) is 3.08. The molecule has 1 saturated carbocycles. The number of benzene rings is 1. The van der Waals surface area contributed by atoms with E-state index in [9.17, 15) is 0 Å². The number of nitrogens with zero attached hydrogens (tertiary/aromatic N) is 2. The average Bonchev–Trinajstić information content (AvgIpc) is 3.25. The molecular formula is C24H38N4O2. The van der Waals surface area contributed by atoms with Gasteiger partial charge in [0.25, 0.3) is 0 Å². The maximum absolute atomic E-state index is 6.18. The molecule has 2 saturated heterocycles. The molecule has 2 atom stereocenters. The van der Waals surface area contributed by atoms with Crippen LogP contribution >= 0.6 is 0 Å². The largest absolute Gasteiger partial charge is 0.493 e. The Labute approximate surface area is 181 Å². The molecule has 2 unspecified atom stereocenters. The van der Waals surface area contributed by atoms with Gasteiger partial charge in [0, 0.05) is 43.8 Å². The summed E-state index contributed by atoms with van der Waals surface area (Å²) in [7, 11) is 0. The molecule has 3 aliphatic rings. The Morgan fingerprint density at radius 1 is 1.20 bits per heavy atom. The van der Waals surface area contributed by atoms with E-state index in [-0.39, 0.29) is 0 Å².